The molecule has 1 saturated carbocycles. The maximum Gasteiger partial charge on any atom is 0.307 e. The summed E-state index contributed by atoms with van der Waals surface area (Å²) in [5.74, 6) is -1.47. The molecule has 2 aromatic carbocycles. The van der Waals surface area contributed by atoms with Gasteiger partial charge in [-0.3, -0.25) is 15.0 Å². The lowest BCUT2D eigenvalue weighted by atomic mass is 10.1. The van der Waals surface area contributed by atoms with Crippen LogP contribution in [0, 0.1) is 11.3 Å². The average Bonchev–Trinajstić information content (AvgIpc) is 3.36. The standard InChI is InChI=1S/C18H18N4O3/c19-18(20)22-13-3-1-2-11(8-13)16(23)21-12-6-4-10(5-7-12)14-9-15(14)17(24)25/h1-8,14-15H,9H2,(H,21,23)(H,24,25)(H4,19,20,22). The first-order valence-electron chi connectivity index (χ1n) is 7.79. The molecule has 7 nitrogen and oxygen atoms in total. The monoisotopic (exact) mass is 338 g/mol. The van der Waals surface area contributed by atoms with Gasteiger partial charge < -0.3 is 21.5 Å². The fourth-order valence-corrected chi connectivity index (χ4v) is 2.75. The molecule has 0 saturated heterocycles. The number of carboxylic acid groups (broad SMARTS) is 1. The Bertz CT molecular complexity index is 832. The minimum atomic E-state index is -0.763. The molecule has 0 bridgehead atoms. The van der Waals surface area contributed by atoms with Gasteiger partial charge in [-0.15, -0.1) is 0 Å². The molecule has 2 unspecified atom stereocenters. The number of amides is 1. The molecule has 25 heavy (non-hydrogen) atoms. The van der Waals surface area contributed by atoms with Gasteiger partial charge in [0.25, 0.3) is 5.91 Å². The number of carbonyl (C=O) groups is 2. The number of nitrogens with two attached hydrogens (primary N) is 1. The molecule has 0 spiro atoms. The van der Waals surface area contributed by atoms with Crippen LogP contribution < -0.4 is 16.4 Å². The van der Waals surface area contributed by atoms with E-state index in [1.54, 1.807) is 36.4 Å². The molecule has 1 amide bonds. The van der Waals surface area contributed by atoms with E-state index in [9.17, 15) is 9.59 Å². The maximum absolute atomic E-state index is 12.3. The molecule has 3 rings (SSSR count). The van der Waals surface area contributed by atoms with Gasteiger partial charge in [0.05, 0.1) is 5.92 Å². The van der Waals surface area contributed by atoms with Gasteiger partial charge in [-0.05, 0) is 48.2 Å². The first kappa shape index (κ1) is 16.5. The lowest BCUT2D eigenvalue weighted by Gasteiger charge is -2.08. The molecular weight excluding hydrogens is 320 g/mol. The van der Waals surface area contributed by atoms with Gasteiger partial charge in [-0.25, -0.2) is 0 Å². The number of carbonyl (C=O) groups excluding carboxylic acids is 1. The van der Waals surface area contributed by atoms with Crippen molar-refractivity contribution in [1.29, 1.82) is 5.41 Å². The summed E-state index contributed by atoms with van der Waals surface area (Å²) in [6, 6.07) is 13.9. The predicted molar refractivity (Wildman–Crippen MR) is 94.9 cm³/mol. The van der Waals surface area contributed by atoms with Crippen LogP contribution in [0.15, 0.2) is 48.5 Å². The SMILES string of the molecule is N=C(N)Nc1cccc(C(=O)Nc2ccc(C3CC3C(=O)O)cc2)c1. The molecule has 2 atom stereocenters. The van der Waals surface area contributed by atoms with Gasteiger partial charge in [0.2, 0.25) is 0 Å². The number of rotatable bonds is 5. The normalized spacial score (nSPS) is 18.2. The summed E-state index contributed by atoms with van der Waals surface area (Å²) in [6.45, 7) is 0. The maximum atomic E-state index is 12.3. The van der Waals surface area contributed by atoms with Crippen LogP contribution in [0.2, 0.25) is 0 Å². The third-order valence-corrected chi connectivity index (χ3v) is 4.11. The zero-order chi connectivity index (χ0) is 18.0. The van der Waals surface area contributed by atoms with Gasteiger partial charge in [-0.1, -0.05) is 18.2 Å². The van der Waals surface area contributed by atoms with E-state index < -0.39 is 5.97 Å². The molecule has 1 aliphatic carbocycles. The van der Waals surface area contributed by atoms with Gasteiger partial charge in [0, 0.05) is 16.9 Å². The van der Waals surface area contributed by atoms with E-state index in [1.807, 2.05) is 12.1 Å². The second kappa shape index (κ2) is 6.64. The molecule has 0 aliphatic heterocycles. The minimum absolute atomic E-state index is 0.0663. The lowest BCUT2D eigenvalue weighted by molar-refractivity contribution is -0.138. The highest BCUT2D eigenvalue weighted by Crippen LogP contribution is 2.47. The second-order valence-electron chi connectivity index (χ2n) is 5.98. The number of aliphatic carboxylic acids is 1. The molecule has 2 aromatic rings. The Morgan fingerprint density at radius 1 is 1.08 bits per heavy atom. The number of carboxylic acids is 1. The molecule has 1 aliphatic rings. The fraction of sp³-hybridized carbons (Fsp3) is 0.167. The largest absolute Gasteiger partial charge is 0.481 e. The fourth-order valence-electron chi connectivity index (χ4n) is 2.75. The zero-order valence-electron chi connectivity index (χ0n) is 13.3. The summed E-state index contributed by atoms with van der Waals surface area (Å²) in [7, 11) is 0. The van der Waals surface area contributed by atoms with Crippen molar-refractivity contribution in [3.8, 4) is 0 Å². The third kappa shape index (κ3) is 3.95. The number of hydrogen-bond donors (Lipinski definition) is 5. The van der Waals surface area contributed by atoms with Crippen molar-refractivity contribution >= 4 is 29.2 Å². The van der Waals surface area contributed by atoms with Crippen LogP contribution >= 0.6 is 0 Å². The Labute approximate surface area is 144 Å². The van der Waals surface area contributed by atoms with Crippen molar-refractivity contribution in [2.24, 2.45) is 11.7 Å². The van der Waals surface area contributed by atoms with Crippen molar-refractivity contribution in [3.63, 3.8) is 0 Å². The topological polar surface area (TPSA) is 128 Å². The van der Waals surface area contributed by atoms with Crippen molar-refractivity contribution in [2.45, 2.75) is 12.3 Å². The first-order valence-corrected chi connectivity index (χ1v) is 7.79. The number of benzene rings is 2. The van der Waals surface area contributed by atoms with E-state index in [4.69, 9.17) is 16.2 Å². The van der Waals surface area contributed by atoms with Gasteiger partial charge in [-0.2, -0.15) is 0 Å². The van der Waals surface area contributed by atoms with E-state index in [0.717, 1.165) is 5.56 Å². The summed E-state index contributed by atoms with van der Waals surface area (Å²) in [5, 5.41) is 21.6. The predicted octanol–water partition coefficient (Wildman–Crippen LogP) is 2.43. The van der Waals surface area contributed by atoms with Crippen LogP contribution in [0.25, 0.3) is 0 Å². The first-order chi connectivity index (χ1) is 11.9. The van der Waals surface area contributed by atoms with Gasteiger partial charge in [0.15, 0.2) is 5.96 Å². The van der Waals surface area contributed by atoms with Crippen molar-refractivity contribution in [1.82, 2.24) is 0 Å². The average molecular weight is 338 g/mol. The quantitative estimate of drug-likeness (QED) is 0.422. The van der Waals surface area contributed by atoms with E-state index in [-0.39, 0.29) is 23.7 Å². The molecular formula is C18H18N4O3. The van der Waals surface area contributed by atoms with Gasteiger partial charge in [0.1, 0.15) is 0 Å². The van der Waals surface area contributed by atoms with Crippen LogP contribution in [-0.4, -0.2) is 22.9 Å². The Morgan fingerprint density at radius 3 is 2.40 bits per heavy atom. The Kier molecular flexibility index (Phi) is 4.38. The molecule has 0 heterocycles. The summed E-state index contributed by atoms with van der Waals surface area (Å²) >= 11 is 0. The highest BCUT2D eigenvalue weighted by molar-refractivity contribution is 6.05. The van der Waals surface area contributed by atoms with Crippen LogP contribution in [0.1, 0.15) is 28.3 Å². The highest BCUT2D eigenvalue weighted by atomic mass is 16.4. The van der Waals surface area contributed by atoms with Crippen molar-refractivity contribution in [3.05, 3.63) is 59.7 Å². The van der Waals surface area contributed by atoms with Crippen LogP contribution in [0.3, 0.4) is 0 Å². The summed E-state index contributed by atoms with van der Waals surface area (Å²) in [6.07, 6.45) is 0.664. The lowest BCUT2D eigenvalue weighted by Crippen LogP contribution is -2.20. The molecule has 128 valence electrons. The molecule has 7 heteroatoms. The molecule has 0 aromatic heterocycles. The third-order valence-electron chi connectivity index (χ3n) is 4.11. The summed E-state index contributed by atoms with van der Waals surface area (Å²) < 4.78 is 0. The second-order valence-corrected chi connectivity index (χ2v) is 5.98. The Balaban J connectivity index is 1.65. The van der Waals surface area contributed by atoms with E-state index in [0.29, 0.717) is 23.4 Å². The Hall–Kier alpha value is -3.35. The van der Waals surface area contributed by atoms with Crippen LogP contribution in [-0.2, 0) is 4.79 Å². The van der Waals surface area contributed by atoms with Crippen molar-refractivity contribution in [2.75, 3.05) is 10.6 Å². The number of anilines is 2. The molecule has 0 radical (unpaired) electrons. The van der Waals surface area contributed by atoms with Crippen molar-refractivity contribution < 1.29 is 14.7 Å². The number of hydrogen-bond acceptors (Lipinski definition) is 3. The van der Waals surface area contributed by atoms with E-state index in [2.05, 4.69) is 10.6 Å². The zero-order valence-corrected chi connectivity index (χ0v) is 13.3. The minimum Gasteiger partial charge on any atom is -0.481 e. The number of nitrogens with one attached hydrogen (secondary N) is 3. The highest BCUT2D eigenvalue weighted by Gasteiger charge is 2.43. The van der Waals surface area contributed by atoms with Gasteiger partial charge >= 0.3 is 5.97 Å². The summed E-state index contributed by atoms with van der Waals surface area (Å²) in [5.41, 5.74) is 7.88. The smallest absolute Gasteiger partial charge is 0.307 e. The molecule has 6 N–H and O–H groups in total. The van der Waals surface area contributed by atoms with Crippen LogP contribution in [0.5, 0.6) is 0 Å². The number of guanidine groups is 1. The van der Waals surface area contributed by atoms with E-state index >= 15 is 0 Å². The molecule has 1 fully saturated rings. The Morgan fingerprint density at radius 2 is 1.80 bits per heavy atom. The van der Waals surface area contributed by atoms with Crippen LogP contribution in [0.4, 0.5) is 11.4 Å². The van der Waals surface area contributed by atoms with E-state index in [1.165, 1.54) is 0 Å². The summed E-state index contributed by atoms with van der Waals surface area (Å²) in [4.78, 5) is 23.2.